The molecule has 0 spiro atoms. The second-order valence-corrected chi connectivity index (χ2v) is 9.56. The minimum absolute atomic E-state index is 0.00587. The molecule has 0 aliphatic heterocycles. The van der Waals surface area contributed by atoms with Crippen molar-refractivity contribution in [2.75, 3.05) is 24.1 Å². The summed E-state index contributed by atoms with van der Waals surface area (Å²) in [5.41, 5.74) is -0.671. The Hall–Kier alpha value is -2.38. The molecule has 0 radical (unpaired) electrons. The molecule has 2 saturated carbocycles. The van der Waals surface area contributed by atoms with E-state index >= 15 is 0 Å². The van der Waals surface area contributed by atoms with Crippen LogP contribution in [0.5, 0.6) is 0 Å². The lowest BCUT2D eigenvalue weighted by Gasteiger charge is -2.17. The largest absolute Gasteiger partial charge is 0.394 e. The fourth-order valence-electron chi connectivity index (χ4n) is 4.32. The van der Waals surface area contributed by atoms with Gasteiger partial charge in [0.1, 0.15) is 18.0 Å². The Kier molecular flexibility index (Phi) is 5.26. The number of hydrogen-bond donors (Lipinski definition) is 4. The van der Waals surface area contributed by atoms with Crippen molar-refractivity contribution in [1.82, 2.24) is 25.0 Å². The molecule has 2 aliphatic carbocycles. The Morgan fingerprint density at radius 1 is 1.31 bits per heavy atom. The highest BCUT2D eigenvalue weighted by atomic mass is 32.2. The number of hydrogen-bond acceptors (Lipinski definition) is 10. The summed E-state index contributed by atoms with van der Waals surface area (Å²) in [5.74, 6) is -1.46. The summed E-state index contributed by atoms with van der Waals surface area (Å²) in [6.07, 6.45) is -4.53. The number of benzene rings is 1. The van der Waals surface area contributed by atoms with Gasteiger partial charge in [-0.2, -0.15) is 0 Å². The highest BCUT2D eigenvalue weighted by molar-refractivity contribution is 7.99. The number of aromatic nitrogens is 5. The third-order valence-corrected chi connectivity index (χ3v) is 7.12. The number of anilines is 1. The molecule has 2 aliphatic rings. The van der Waals surface area contributed by atoms with Gasteiger partial charge < -0.3 is 25.4 Å². The SMILES string of the molecule is [2H]C([2H])(CC)Sc1nc(N[C@@H]2C[C@@]2([2H])c2ccc(C)c(F)c2)c2nnn([C@@H]3C[C@H](OC([2H])([2H])C([2H])([2H])O)[C@@H](O)[C@H]3O)c2n1. The van der Waals surface area contributed by atoms with Gasteiger partial charge in [0.05, 0.1) is 30.7 Å². The predicted molar refractivity (Wildman–Crippen MR) is 133 cm³/mol. The molecule has 2 aromatic heterocycles. The zero-order chi connectivity index (χ0) is 31.7. The van der Waals surface area contributed by atoms with Gasteiger partial charge in [-0.05, 0) is 37.0 Å². The number of aryl methyl sites for hydroxylation is 1. The van der Waals surface area contributed by atoms with Gasteiger partial charge in [-0.1, -0.05) is 36.0 Å². The van der Waals surface area contributed by atoms with Crippen molar-refractivity contribution < 1.29 is 34.0 Å². The molecular formula is C24H31FN6O4S. The number of aliphatic hydroxyl groups excluding tert-OH is 2. The molecule has 36 heavy (non-hydrogen) atoms. The van der Waals surface area contributed by atoms with Crippen molar-refractivity contribution in [3.63, 3.8) is 0 Å². The van der Waals surface area contributed by atoms with E-state index in [9.17, 15) is 19.7 Å². The minimum atomic E-state index is -3.39. The van der Waals surface area contributed by atoms with Gasteiger partial charge in [0.25, 0.3) is 0 Å². The van der Waals surface area contributed by atoms with E-state index in [0.29, 0.717) is 17.5 Å². The van der Waals surface area contributed by atoms with Crippen molar-refractivity contribution >= 4 is 28.7 Å². The molecule has 194 valence electrons. The summed E-state index contributed by atoms with van der Waals surface area (Å²) in [7, 11) is 0. The lowest BCUT2D eigenvalue weighted by Crippen LogP contribution is -2.33. The average molecular weight is 526 g/mol. The van der Waals surface area contributed by atoms with E-state index in [4.69, 9.17) is 14.3 Å². The topological polar surface area (TPSA) is 138 Å². The number of thioether (sulfide) groups is 1. The molecule has 6 atom stereocenters. The van der Waals surface area contributed by atoms with Crippen LogP contribution < -0.4 is 5.32 Å². The third-order valence-electron chi connectivity index (χ3n) is 6.32. The molecule has 0 saturated heterocycles. The molecule has 0 amide bonds. The number of rotatable bonds is 10. The molecule has 2 fully saturated rings. The molecule has 4 N–H and O–H groups in total. The van der Waals surface area contributed by atoms with Gasteiger partial charge in [-0.15, -0.1) is 5.10 Å². The van der Waals surface area contributed by atoms with Gasteiger partial charge >= 0.3 is 0 Å². The van der Waals surface area contributed by atoms with E-state index in [0.717, 1.165) is 11.8 Å². The van der Waals surface area contributed by atoms with Crippen LogP contribution in [-0.4, -0.2) is 83.5 Å². The fraction of sp³-hybridized carbons (Fsp3) is 0.583. The first-order valence-electron chi connectivity index (χ1n) is 15.0. The number of nitrogens with one attached hydrogen (secondary N) is 1. The number of ether oxygens (including phenoxy) is 1. The van der Waals surface area contributed by atoms with Crippen molar-refractivity contribution in [3.8, 4) is 0 Å². The maximum atomic E-state index is 14.2. The number of halogens is 1. The molecule has 2 heterocycles. The Morgan fingerprint density at radius 3 is 2.89 bits per heavy atom. The summed E-state index contributed by atoms with van der Waals surface area (Å²) < 4.78 is 75.7. The number of nitrogens with zero attached hydrogens (tertiary/aromatic N) is 5. The highest BCUT2D eigenvalue weighted by Crippen LogP contribution is 2.44. The second-order valence-electron chi connectivity index (χ2n) is 8.71. The third kappa shape index (κ3) is 4.92. The monoisotopic (exact) mass is 525 g/mol. The molecule has 10 nitrogen and oxygen atoms in total. The van der Waals surface area contributed by atoms with Crippen LogP contribution >= 0.6 is 11.8 Å². The van der Waals surface area contributed by atoms with E-state index < -0.39 is 60.9 Å². The van der Waals surface area contributed by atoms with Crippen LogP contribution in [0.1, 0.15) is 58.8 Å². The Labute approximate surface area is 222 Å². The Morgan fingerprint density at radius 2 is 2.14 bits per heavy atom. The molecule has 0 unspecified atom stereocenters. The summed E-state index contributed by atoms with van der Waals surface area (Å²) >= 11 is 0.740. The van der Waals surface area contributed by atoms with Gasteiger partial charge in [0, 0.05) is 28.2 Å². The molecule has 12 heteroatoms. The summed E-state index contributed by atoms with van der Waals surface area (Å²) in [5, 5.41) is 42.3. The standard InChI is InChI=1S/C24H31FN6O4S/c1-3-8-36-24-27-22(26-16-10-14(16)13-5-4-12(2)15(25)9-13)19-23(28-24)31(30-29-19)17-11-18(35-7-6-32)21(34)20(17)33/h4-5,9,14,16-18,20-21,32-34H,3,6-8,10-11H2,1-2H3,(H,26,27,28)/t14-,16+,17+,18-,20-,21+/m0/s1/i6D2,7D2,8D2,14D. The van der Waals surface area contributed by atoms with E-state index in [1.807, 2.05) is 0 Å². The number of aliphatic hydroxyl groups is 3. The van der Waals surface area contributed by atoms with Crippen LogP contribution in [0.25, 0.3) is 11.2 Å². The first-order valence-corrected chi connectivity index (χ1v) is 12.3. The Balaban J connectivity index is 1.49. The average Bonchev–Trinajstić information content (AvgIpc) is 3.24. The van der Waals surface area contributed by atoms with Crippen molar-refractivity contribution in [2.24, 2.45) is 0 Å². The van der Waals surface area contributed by atoms with Crippen LogP contribution in [0.2, 0.25) is 0 Å². The normalized spacial score (nSPS) is 33.7. The zero-order valence-electron chi connectivity index (χ0n) is 26.5. The van der Waals surface area contributed by atoms with Gasteiger partial charge in [0.2, 0.25) is 0 Å². The smallest absolute Gasteiger partial charge is 0.191 e. The minimum Gasteiger partial charge on any atom is -0.394 e. The van der Waals surface area contributed by atoms with E-state index in [2.05, 4.69) is 25.6 Å². The van der Waals surface area contributed by atoms with E-state index in [1.165, 1.54) is 10.7 Å². The van der Waals surface area contributed by atoms with Crippen molar-refractivity contribution in [2.45, 2.75) is 74.6 Å². The summed E-state index contributed by atoms with van der Waals surface area (Å²) in [6, 6.07) is 3.02. The van der Waals surface area contributed by atoms with Crippen LogP contribution in [0.4, 0.5) is 10.2 Å². The maximum Gasteiger partial charge on any atom is 0.191 e. The van der Waals surface area contributed by atoms with Crippen molar-refractivity contribution in [3.05, 3.63) is 35.1 Å². The second kappa shape index (κ2) is 10.5. The quantitative estimate of drug-likeness (QED) is 0.230. The first-order chi connectivity index (χ1) is 19.9. The molecule has 0 bridgehead atoms. The lowest BCUT2D eigenvalue weighted by molar-refractivity contribution is -0.0629. The van der Waals surface area contributed by atoms with E-state index in [-0.39, 0.29) is 35.0 Å². The zero-order valence-corrected chi connectivity index (χ0v) is 20.3. The first kappa shape index (κ1) is 18.0. The van der Waals surface area contributed by atoms with Gasteiger partial charge in [0.15, 0.2) is 22.1 Å². The van der Waals surface area contributed by atoms with Gasteiger partial charge in [-0.25, -0.2) is 19.0 Å². The molecule has 5 rings (SSSR count). The maximum absolute atomic E-state index is 14.2. The van der Waals surface area contributed by atoms with Crippen LogP contribution in [0.3, 0.4) is 0 Å². The van der Waals surface area contributed by atoms with Crippen LogP contribution in [0.15, 0.2) is 23.4 Å². The van der Waals surface area contributed by atoms with Crippen LogP contribution in [-0.2, 0) is 4.74 Å². The molecular weight excluding hydrogens is 487 g/mol. The highest BCUT2D eigenvalue weighted by Gasteiger charge is 2.45. The summed E-state index contributed by atoms with van der Waals surface area (Å²) in [6.45, 7) is -3.32. The number of fused-ring (bicyclic) bond motifs is 1. The van der Waals surface area contributed by atoms with Crippen LogP contribution in [0, 0.1) is 12.7 Å². The van der Waals surface area contributed by atoms with Crippen molar-refractivity contribution in [1.29, 1.82) is 0 Å². The van der Waals surface area contributed by atoms with E-state index in [1.54, 1.807) is 26.0 Å². The summed E-state index contributed by atoms with van der Waals surface area (Å²) in [4.78, 5) is 8.86. The molecule has 1 aromatic carbocycles. The predicted octanol–water partition coefficient (Wildman–Crippen LogP) is 2.18. The van der Waals surface area contributed by atoms with Gasteiger partial charge in [-0.3, -0.25) is 0 Å². The Bertz CT molecular complexity index is 1530. The lowest BCUT2D eigenvalue weighted by atomic mass is 10.1. The fourth-order valence-corrected chi connectivity index (χ4v) is 4.86. The molecule has 3 aromatic rings.